The number of anilines is 1. The topological polar surface area (TPSA) is 78.4 Å². The second-order valence-corrected chi connectivity index (χ2v) is 5.31. The summed E-state index contributed by atoms with van der Waals surface area (Å²) in [5.74, 6) is -1.49. The molecule has 0 saturated heterocycles. The van der Waals surface area contributed by atoms with Gasteiger partial charge in [-0.1, -0.05) is 0 Å². The number of hydrogen-bond acceptors (Lipinski definition) is 3. The molecule has 1 aliphatic rings. The van der Waals surface area contributed by atoms with Crippen molar-refractivity contribution in [1.82, 2.24) is 5.32 Å². The SMILES string of the molecule is O=C(CNc1ccc(F)cc1)NC1CCC(C(=O)O)CC1. The molecule has 1 amide bonds. The summed E-state index contributed by atoms with van der Waals surface area (Å²) in [6, 6.07) is 5.84. The van der Waals surface area contributed by atoms with Gasteiger partial charge >= 0.3 is 5.97 Å². The molecule has 0 atom stereocenters. The molecule has 0 aromatic heterocycles. The zero-order valence-electron chi connectivity index (χ0n) is 11.6. The maximum atomic E-state index is 12.7. The van der Waals surface area contributed by atoms with Crippen molar-refractivity contribution in [2.75, 3.05) is 11.9 Å². The Morgan fingerprint density at radius 2 is 1.76 bits per heavy atom. The average Bonchev–Trinajstić information content (AvgIpc) is 2.47. The highest BCUT2D eigenvalue weighted by molar-refractivity contribution is 5.81. The number of carboxylic acid groups (broad SMARTS) is 1. The first kappa shape index (κ1) is 15.3. The first-order valence-corrected chi connectivity index (χ1v) is 7.06. The molecule has 21 heavy (non-hydrogen) atoms. The third-order valence-electron chi connectivity index (χ3n) is 3.74. The van der Waals surface area contributed by atoms with Crippen LogP contribution in [0.1, 0.15) is 25.7 Å². The zero-order chi connectivity index (χ0) is 15.2. The van der Waals surface area contributed by atoms with Crippen molar-refractivity contribution in [3.63, 3.8) is 0 Å². The number of hydrogen-bond donors (Lipinski definition) is 3. The van der Waals surface area contributed by atoms with Crippen LogP contribution in [0.3, 0.4) is 0 Å². The number of halogens is 1. The monoisotopic (exact) mass is 294 g/mol. The molecule has 0 heterocycles. The molecule has 0 bridgehead atoms. The summed E-state index contributed by atoms with van der Waals surface area (Å²) >= 11 is 0. The van der Waals surface area contributed by atoms with Crippen molar-refractivity contribution in [3.05, 3.63) is 30.1 Å². The number of nitrogens with one attached hydrogen (secondary N) is 2. The van der Waals surface area contributed by atoms with E-state index in [0.717, 1.165) is 0 Å². The van der Waals surface area contributed by atoms with E-state index in [9.17, 15) is 14.0 Å². The maximum Gasteiger partial charge on any atom is 0.306 e. The van der Waals surface area contributed by atoms with Gasteiger partial charge in [0.25, 0.3) is 0 Å². The Morgan fingerprint density at radius 1 is 1.14 bits per heavy atom. The number of aliphatic carboxylic acids is 1. The van der Waals surface area contributed by atoms with Crippen LogP contribution in [-0.4, -0.2) is 29.6 Å². The zero-order valence-corrected chi connectivity index (χ0v) is 11.6. The Balaban J connectivity index is 1.70. The molecule has 1 fully saturated rings. The summed E-state index contributed by atoms with van der Waals surface area (Å²) in [6.07, 6.45) is 2.59. The molecule has 6 heteroatoms. The Morgan fingerprint density at radius 3 is 2.33 bits per heavy atom. The number of rotatable bonds is 5. The number of carbonyl (C=O) groups excluding carboxylic acids is 1. The van der Waals surface area contributed by atoms with E-state index in [1.807, 2.05) is 0 Å². The fraction of sp³-hybridized carbons (Fsp3) is 0.467. The van der Waals surface area contributed by atoms with Crippen LogP contribution in [0.15, 0.2) is 24.3 Å². The maximum absolute atomic E-state index is 12.7. The summed E-state index contributed by atoms with van der Waals surface area (Å²) in [5.41, 5.74) is 0.682. The minimum absolute atomic E-state index is 0.0446. The van der Waals surface area contributed by atoms with Crippen LogP contribution >= 0.6 is 0 Å². The molecule has 1 aromatic carbocycles. The summed E-state index contributed by atoms with van der Waals surface area (Å²) in [6.45, 7) is 0.116. The van der Waals surface area contributed by atoms with Gasteiger partial charge in [0.05, 0.1) is 12.5 Å². The van der Waals surface area contributed by atoms with Crippen LogP contribution in [0.25, 0.3) is 0 Å². The lowest BCUT2D eigenvalue weighted by Gasteiger charge is -2.26. The van der Waals surface area contributed by atoms with E-state index in [1.165, 1.54) is 12.1 Å². The molecule has 1 saturated carbocycles. The van der Waals surface area contributed by atoms with Crippen molar-refractivity contribution in [2.24, 2.45) is 5.92 Å². The van der Waals surface area contributed by atoms with E-state index in [0.29, 0.717) is 31.4 Å². The summed E-state index contributed by atoms with van der Waals surface area (Å²) < 4.78 is 12.7. The van der Waals surface area contributed by atoms with E-state index in [-0.39, 0.29) is 30.2 Å². The van der Waals surface area contributed by atoms with E-state index < -0.39 is 5.97 Å². The molecule has 114 valence electrons. The first-order valence-electron chi connectivity index (χ1n) is 7.06. The predicted octanol–water partition coefficient (Wildman–Crippen LogP) is 2.00. The Kier molecular flexibility index (Phi) is 5.14. The first-order chi connectivity index (χ1) is 10.0. The van der Waals surface area contributed by atoms with Crippen molar-refractivity contribution >= 4 is 17.6 Å². The smallest absolute Gasteiger partial charge is 0.306 e. The van der Waals surface area contributed by atoms with Gasteiger partial charge in [0, 0.05) is 11.7 Å². The standard InChI is InChI=1S/C15H19FN2O3/c16-11-3-7-12(8-4-11)17-9-14(19)18-13-5-1-10(2-6-13)15(20)21/h3-4,7-8,10,13,17H,1-2,5-6,9H2,(H,18,19)(H,20,21). The third-order valence-corrected chi connectivity index (χ3v) is 3.74. The van der Waals surface area contributed by atoms with Crippen molar-refractivity contribution in [1.29, 1.82) is 0 Å². The summed E-state index contributed by atoms with van der Waals surface area (Å²) in [4.78, 5) is 22.6. The minimum Gasteiger partial charge on any atom is -0.481 e. The van der Waals surface area contributed by atoms with Gasteiger partial charge in [-0.25, -0.2) is 4.39 Å². The molecule has 1 aromatic rings. The normalized spacial score (nSPS) is 21.6. The average molecular weight is 294 g/mol. The predicted molar refractivity (Wildman–Crippen MR) is 76.4 cm³/mol. The Bertz CT molecular complexity index is 496. The molecule has 2 rings (SSSR count). The number of amides is 1. The minimum atomic E-state index is -0.752. The van der Waals surface area contributed by atoms with Crippen LogP contribution in [0.2, 0.25) is 0 Å². The fourth-order valence-electron chi connectivity index (χ4n) is 2.51. The summed E-state index contributed by atoms with van der Waals surface area (Å²) in [5, 5.41) is 14.7. The van der Waals surface area contributed by atoms with E-state index >= 15 is 0 Å². The molecule has 0 spiro atoms. The second kappa shape index (κ2) is 7.06. The van der Waals surface area contributed by atoms with Gasteiger partial charge in [-0.3, -0.25) is 9.59 Å². The van der Waals surface area contributed by atoms with Crippen LogP contribution in [0.4, 0.5) is 10.1 Å². The van der Waals surface area contributed by atoms with Crippen LogP contribution < -0.4 is 10.6 Å². The largest absolute Gasteiger partial charge is 0.481 e. The van der Waals surface area contributed by atoms with Gasteiger partial charge in [-0.15, -0.1) is 0 Å². The van der Waals surface area contributed by atoms with Crippen LogP contribution in [-0.2, 0) is 9.59 Å². The molecule has 0 radical (unpaired) electrons. The molecule has 0 unspecified atom stereocenters. The highest BCUT2D eigenvalue weighted by Crippen LogP contribution is 2.24. The van der Waals surface area contributed by atoms with Gasteiger partial charge in [-0.05, 0) is 49.9 Å². The molecular weight excluding hydrogens is 275 g/mol. The van der Waals surface area contributed by atoms with E-state index in [4.69, 9.17) is 5.11 Å². The van der Waals surface area contributed by atoms with E-state index in [1.54, 1.807) is 12.1 Å². The van der Waals surface area contributed by atoms with Gasteiger partial charge in [0.1, 0.15) is 5.82 Å². The van der Waals surface area contributed by atoms with Crippen molar-refractivity contribution in [2.45, 2.75) is 31.7 Å². The lowest BCUT2D eigenvalue weighted by Crippen LogP contribution is -2.41. The lowest BCUT2D eigenvalue weighted by molar-refractivity contribution is -0.142. The number of carboxylic acids is 1. The van der Waals surface area contributed by atoms with Gasteiger partial charge in [-0.2, -0.15) is 0 Å². The third kappa shape index (κ3) is 4.73. The molecular formula is C15H19FN2O3. The highest BCUT2D eigenvalue weighted by Gasteiger charge is 2.26. The number of benzene rings is 1. The molecule has 1 aliphatic carbocycles. The van der Waals surface area contributed by atoms with E-state index in [2.05, 4.69) is 10.6 Å². The lowest BCUT2D eigenvalue weighted by atomic mass is 9.86. The Hall–Kier alpha value is -2.11. The quantitative estimate of drug-likeness (QED) is 0.776. The van der Waals surface area contributed by atoms with Crippen molar-refractivity contribution < 1.29 is 19.1 Å². The fourth-order valence-corrected chi connectivity index (χ4v) is 2.51. The van der Waals surface area contributed by atoms with Crippen LogP contribution in [0, 0.1) is 11.7 Å². The second-order valence-electron chi connectivity index (χ2n) is 5.31. The van der Waals surface area contributed by atoms with Gasteiger partial charge in [0.2, 0.25) is 5.91 Å². The van der Waals surface area contributed by atoms with Crippen LogP contribution in [0.5, 0.6) is 0 Å². The Labute approximate surface area is 122 Å². The number of carbonyl (C=O) groups is 2. The van der Waals surface area contributed by atoms with Gasteiger partial charge < -0.3 is 15.7 Å². The highest BCUT2D eigenvalue weighted by atomic mass is 19.1. The van der Waals surface area contributed by atoms with Crippen molar-refractivity contribution in [3.8, 4) is 0 Å². The molecule has 3 N–H and O–H groups in total. The molecule has 0 aliphatic heterocycles. The van der Waals surface area contributed by atoms with Gasteiger partial charge in [0.15, 0.2) is 0 Å². The molecule has 5 nitrogen and oxygen atoms in total. The summed E-state index contributed by atoms with van der Waals surface area (Å²) in [7, 11) is 0.